The third-order valence-corrected chi connectivity index (χ3v) is 3.67. The van der Waals surface area contributed by atoms with Crippen molar-refractivity contribution in [2.24, 2.45) is 4.99 Å². The second-order valence-corrected chi connectivity index (χ2v) is 5.62. The summed E-state index contributed by atoms with van der Waals surface area (Å²) >= 11 is 0. The molecule has 0 atom stereocenters. The number of carbonyl (C=O) groups excluding carboxylic acids is 1. The highest BCUT2D eigenvalue weighted by molar-refractivity contribution is 5.90. The summed E-state index contributed by atoms with van der Waals surface area (Å²) in [6.45, 7) is -0.638. The molecule has 26 heavy (non-hydrogen) atoms. The Balaban J connectivity index is 1.56. The lowest BCUT2D eigenvalue weighted by Gasteiger charge is -2.12. The van der Waals surface area contributed by atoms with Crippen molar-refractivity contribution in [3.63, 3.8) is 0 Å². The van der Waals surface area contributed by atoms with Gasteiger partial charge in [-0.05, 0) is 41.3 Å². The molecule has 134 valence electrons. The number of benzene rings is 2. The molecule has 1 aromatic heterocycles. The number of aromatic nitrogens is 1. The number of hydrogen-bond acceptors (Lipinski definition) is 3. The van der Waals surface area contributed by atoms with E-state index in [1.54, 1.807) is 6.21 Å². The average molecular weight is 360 g/mol. The van der Waals surface area contributed by atoms with Crippen LogP contribution in [-0.4, -0.2) is 30.1 Å². The van der Waals surface area contributed by atoms with Gasteiger partial charge in [0.1, 0.15) is 18.9 Å². The zero-order valence-electron chi connectivity index (χ0n) is 13.6. The van der Waals surface area contributed by atoms with Crippen LogP contribution in [0.4, 0.5) is 13.2 Å². The van der Waals surface area contributed by atoms with Crippen LogP contribution >= 0.6 is 0 Å². The lowest BCUT2D eigenvalue weighted by atomic mass is 10.2. The fourth-order valence-corrected chi connectivity index (χ4v) is 2.44. The van der Waals surface area contributed by atoms with Gasteiger partial charge in [-0.3, -0.25) is 9.79 Å². The average Bonchev–Trinajstić information content (AvgIpc) is 3.07. The largest absolute Gasteiger partial charge is 0.485 e. The molecule has 0 amide bonds. The Hall–Kier alpha value is -3.09. The maximum absolute atomic E-state index is 12.9. The van der Waals surface area contributed by atoms with Gasteiger partial charge in [-0.1, -0.05) is 18.2 Å². The van der Waals surface area contributed by atoms with Gasteiger partial charge < -0.3 is 9.72 Å². The number of alkyl halides is 3. The number of para-hydroxylation sites is 1. The van der Waals surface area contributed by atoms with Crippen LogP contribution in [0.5, 0.6) is 5.75 Å². The molecule has 7 heteroatoms. The Morgan fingerprint density at radius 2 is 1.96 bits per heavy atom. The number of carbonyl (C=O) groups is 1. The summed E-state index contributed by atoms with van der Waals surface area (Å²) in [5.74, 6) is -0.781. The summed E-state index contributed by atoms with van der Waals surface area (Å²) in [6.07, 6.45) is -1.16. The first-order valence-electron chi connectivity index (χ1n) is 7.81. The van der Waals surface area contributed by atoms with Crippen molar-refractivity contribution >= 4 is 22.9 Å². The van der Waals surface area contributed by atoms with Crippen LogP contribution in [0.1, 0.15) is 11.1 Å². The third kappa shape index (κ3) is 4.30. The molecule has 4 nitrogen and oxygen atoms in total. The Labute approximate surface area is 147 Å². The molecular weight excluding hydrogens is 345 g/mol. The van der Waals surface area contributed by atoms with Gasteiger partial charge in [0, 0.05) is 17.9 Å². The molecule has 0 fully saturated rings. The number of nitrogens with zero attached hydrogens (tertiary/aromatic N) is 1. The summed E-state index contributed by atoms with van der Waals surface area (Å²) < 4.78 is 43.6. The molecule has 3 aromatic rings. The normalized spacial score (nSPS) is 12.0. The van der Waals surface area contributed by atoms with Crippen LogP contribution in [0.2, 0.25) is 0 Å². The van der Waals surface area contributed by atoms with E-state index in [0.29, 0.717) is 0 Å². The van der Waals surface area contributed by atoms with Gasteiger partial charge in [0.15, 0.2) is 5.78 Å². The molecule has 0 spiro atoms. The van der Waals surface area contributed by atoms with E-state index in [4.69, 9.17) is 4.74 Å². The summed E-state index contributed by atoms with van der Waals surface area (Å²) in [6, 6.07) is 12.4. The van der Waals surface area contributed by atoms with Crippen LogP contribution in [0, 0.1) is 0 Å². The molecule has 0 saturated carbocycles. The Bertz CT molecular complexity index is 945. The molecule has 2 aromatic carbocycles. The van der Waals surface area contributed by atoms with E-state index in [-0.39, 0.29) is 12.3 Å². The van der Waals surface area contributed by atoms with E-state index < -0.39 is 24.1 Å². The molecule has 0 unspecified atom stereocenters. The topological polar surface area (TPSA) is 54.5 Å². The van der Waals surface area contributed by atoms with Crippen LogP contribution in [0.15, 0.2) is 59.7 Å². The van der Waals surface area contributed by atoms with Gasteiger partial charge in [0.05, 0.1) is 5.56 Å². The molecule has 0 bridgehead atoms. The number of ether oxygens (including phenoxy) is 1. The highest BCUT2D eigenvalue weighted by Crippen LogP contribution is 2.35. The monoisotopic (exact) mass is 360 g/mol. The van der Waals surface area contributed by atoms with Crippen molar-refractivity contribution in [1.29, 1.82) is 0 Å². The number of aromatic amines is 1. The molecular formula is C19H15F3N2O2. The van der Waals surface area contributed by atoms with E-state index in [1.165, 1.54) is 18.2 Å². The number of hydrogen-bond donors (Lipinski definition) is 1. The second-order valence-electron chi connectivity index (χ2n) is 5.62. The van der Waals surface area contributed by atoms with Gasteiger partial charge in [-0.25, -0.2) is 0 Å². The first-order chi connectivity index (χ1) is 12.4. The predicted molar refractivity (Wildman–Crippen MR) is 92.7 cm³/mol. The maximum atomic E-state index is 12.9. The van der Waals surface area contributed by atoms with Crippen molar-refractivity contribution < 1.29 is 22.7 Å². The fraction of sp³-hybridized carbons (Fsp3) is 0.158. The number of halogens is 3. The summed E-state index contributed by atoms with van der Waals surface area (Å²) in [7, 11) is 0. The van der Waals surface area contributed by atoms with Crippen molar-refractivity contribution in [1.82, 2.24) is 4.98 Å². The molecule has 0 aliphatic carbocycles. The molecule has 0 radical (unpaired) electrons. The molecule has 0 saturated heterocycles. The molecule has 3 rings (SSSR count). The van der Waals surface area contributed by atoms with Crippen LogP contribution < -0.4 is 4.74 Å². The minimum absolute atomic E-state index is 0.167. The number of H-pyrrole nitrogens is 1. The zero-order chi connectivity index (χ0) is 18.6. The molecule has 0 aliphatic rings. The smallest absolute Gasteiger partial charge is 0.419 e. The Morgan fingerprint density at radius 1 is 1.15 bits per heavy atom. The van der Waals surface area contributed by atoms with Crippen molar-refractivity contribution in [3.05, 3.63) is 65.9 Å². The van der Waals surface area contributed by atoms with E-state index in [9.17, 15) is 18.0 Å². The third-order valence-electron chi connectivity index (χ3n) is 3.67. The maximum Gasteiger partial charge on any atom is 0.419 e. The Kier molecular flexibility index (Phi) is 5.06. The van der Waals surface area contributed by atoms with Gasteiger partial charge >= 0.3 is 6.18 Å². The van der Waals surface area contributed by atoms with E-state index in [0.717, 1.165) is 22.5 Å². The van der Waals surface area contributed by atoms with Crippen molar-refractivity contribution in [3.8, 4) is 5.75 Å². The predicted octanol–water partition coefficient (Wildman–Crippen LogP) is 4.25. The number of Topliss-reactive ketones (excluding diaryl/α,β-unsaturated/α-hetero) is 1. The minimum atomic E-state index is -4.53. The lowest BCUT2D eigenvalue weighted by molar-refractivity contribution is -0.139. The quantitative estimate of drug-likeness (QED) is 0.668. The van der Waals surface area contributed by atoms with Crippen LogP contribution in [-0.2, 0) is 11.0 Å². The standard InChI is InChI=1S/C19H15F3N2O2/c20-19(21,22)16-3-1-2-4-18(16)26-12-15(25)11-23-10-13-5-6-17-14(9-13)7-8-24-17/h1-10,24H,11-12H2. The number of rotatable bonds is 6. The minimum Gasteiger partial charge on any atom is -0.485 e. The number of ketones is 1. The second kappa shape index (κ2) is 7.43. The van der Waals surface area contributed by atoms with Gasteiger partial charge in [-0.2, -0.15) is 13.2 Å². The fourth-order valence-electron chi connectivity index (χ4n) is 2.44. The Morgan fingerprint density at radius 3 is 2.77 bits per heavy atom. The van der Waals surface area contributed by atoms with Gasteiger partial charge in [0.25, 0.3) is 0 Å². The first-order valence-corrected chi connectivity index (χ1v) is 7.81. The first kappa shape index (κ1) is 17.7. The summed E-state index contributed by atoms with van der Waals surface area (Å²) in [5, 5.41) is 1.02. The number of fused-ring (bicyclic) bond motifs is 1. The summed E-state index contributed by atoms with van der Waals surface area (Å²) in [5.41, 5.74) is 0.916. The van der Waals surface area contributed by atoms with Gasteiger partial charge in [-0.15, -0.1) is 0 Å². The van der Waals surface area contributed by atoms with Gasteiger partial charge in [0.2, 0.25) is 0 Å². The van der Waals surface area contributed by atoms with E-state index >= 15 is 0 Å². The molecule has 1 N–H and O–H groups in total. The van der Waals surface area contributed by atoms with Crippen molar-refractivity contribution in [2.45, 2.75) is 6.18 Å². The SMILES string of the molecule is O=C(CN=Cc1ccc2[nH]ccc2c1)COc1ccccc1C(F)(F)F. The number of nitrogens with one attached hydrogen (secondary N) is 1. The van der Waals surface area contributed by atoms with Crippen molar-refractivity contribution in [2.75, 3.05) is 13.2 Å². The van der Waals surface area contributed by atoms with Crippen LogP contribution in [0.3, 0.4) is 0 Å². The van der Waals surface area contributed by atoms with E-state index in [2.05, 4.69) is 9.98 Å². The zero-order valence-corrected chi connectivity index (χ0v) is 13.6. The number of aliphatic imine (C=N–C) groups is 1. The van der Waals surface area contributed by atoms with Crippen LogP contribution in [0.25, 0.3) is 10.9 Å². The molecule has 0 aliphatic heterocycles. The molecule has 1 heterocycles. The highest BCUT2D eigenvalue weighted by atomic mass is 19.4. The lowest BCUT2D eigenvalue weighted by Crippen LogP contribution is -2.16. The summed E-state index contributed by atoms with van der Waals surface area (Å²) in [4.78, 5) is 18.9. The highest BCUT2D eigenvalue weighted by Gasteiger charge is 2.34. The van der Waals surface area contributed by atoms with E-state index in [1.807, 2.05) is 30.5 Å².